The number of aliphatic hydroxyl groups excluding tert-OH is 1. The van der Waals surface area contributed by atoms with Crippen LogP contribution in [0.2, 0.25) is 0 Å². The van der Waals surface area contributed by atoms with Crippen LogP contribution in [0.4, 0.5) is 0 Å². The minimum absolute atomic E-state index is 0.0465. The fourth-order valence-electron chi connectivity index (χ4n) is 2.28. The number of hydrogen-bond donors (Lipinski definition) is 2. The van der Waals surface area contributed by atoms with Gasteiger partial charge in [-0.15, -0.1) is 0 Å². The van der Waals surface area contributed by atoms with Crippen molar-refractivity contribution in [1.29, 1.82) is 0 Å². The van der Waals surface area contributed by atoms with Gasteiger partial charge in [-0.3, -0.25) is 0 Å². The van der Waals surface area contributed by atoms with Gasteiger partial charge in [-0.2, -0.15) is 11.8 Å². The maximum Gasteiger partial charge on any atom is 0.0613 e. The SMILES string of the molecule is CSCCCNC1(CO)CCC(C)CC1. The molecule has 2 N–H and O–H groups in total. The van der Waals surface area contributed by atoms with E-state index in [4.69, 9.17) is 0 Å². The van der Waals surface area contributed by atoms with Gasteiger partial charge in [-0.05, 0) is 56.6 Å². The summed E-state index contributed by atoms with van der Waals surface area (Å²) in [4.78, 5) is 0. The second kappa shape index (κ2) is 6.77. The highest BCUT2D eigenvalue weighted by Crippen LogP contribution is 2.31. The van der Waals surface area contributed by atoms with Crippen LogP contribution in [0, 0.1) is 5.92 Å². The third-order valence-electron chi connectivity index (χ3n) is 3.56. The average Bonchev–Trinajstić information content (AvgIpc) is 2.28. The summed E-state index contributed by atoms with van der Waals surface area (Å²) >= 11 is 1.89. The molecule has 0 aliphatic heterocycles. The van der Waals surface area contributed by atoms with Crippen LogP contribution in [-0.2, 0) is 0 Å². The van der Waals surface area contributed by atoms with Crippen LogP contribution in [0.15, 0.2) is 0 Å². The summed E-state index contributed by atoms with van der Waals surface area (Å²) in [5.74, 6) is 2.06. The monoisotopic (exact) mass is 231 g/mol. The van der Waals surface area contributed by atoms with Gasteiger partial charge in [-0.1, -0.05) is 6.92 Å². The smallest absolute Gasteiger partial charge is 0.0613 e. The standard InChI is InChI=1S/C12H25NOS/c1-11-4-6-12(10-14,7-5-11)13-8-3-9-15-2/h11,13-14H,3-10H2,1-2H3. The van der Waals surface area contributed by atoms with E-state index < -0.39 is 0 Å². The number of nitrogens with one attached hydrogen (secondary N) is 1. The predicted molar refractivity (Wildman–Crippen MR) is 68.5 cm³/mol. The normalized spacial score (nSPS) is 31.8. The van der Waals surface area contributed by atoms with E-state index in [1.165, 1.54) is 25.0 Å². The Morgan fingerprint density at radius 1 is 1.40 bits per heavy atom. The van der Waals surface area contributed by atoms with Gasteiger partial charge in [0.1, 0.15) is 0 Å². The molecule has 90 valence electrons. The van der Waals surface area contributed by atoms with Crippen molar-refractivity contribution in [2.45, 2.75) is 44.6 Å². The first-order chi connectivity index (χ1) is 7.22. The number of rotatable bonds is 6. The van der Waals surface area contributed by atoms with Crippen LogP contribution in [0.5, 0.6) is 0 Å². The molecule has 1 saturated carbocycles. The van der Waals surface area contributed by atoms with Gasteiger partial charge in [0.05, 0.1) is 6.61 Å². The molecule has 1 fully saturated rings. The molecule has 0 spiro atoms. The van der Waals surface area contributed by atoms with E-state index >= 15 is 0 Å². The molecule has 0 saturated heterocycles. The Morgan fingerprint density at radius 3 is 2.60 bits per heavy atom. The van der Waals surface area contributed by atoms with Gasteiger partial charge in [0.2, 0.25) is 0 Å². The summed E-state index contributed by atoms with van der Waals surface area (Å²) in [5, 5.41) is 13.1. The summed E-state index contributed by atoms with van der Waals surface area (Å²) in [6, 6.07) is 0. The Labute approximate surface area is 98.2 Å². The first-order valence-corrected chi connectivity index (χ1v) is 7.47. The molecule has 0 radical (unpaired) electrons. The number of aliphatic hydroxyl groups is 1. The molecule has 0 aromatic carbocycles. The Hall–Kier alpha value is 0.270. The van der Waals surface area contributed by atoms with Crippen LogP contribution in [0.25, 0.3) is 0 Å². The van der Waals surface area contributed by atoms with Gasteiger partial charge in [-0.25, -0.2) is 0 Å². The lowest BCUT2D eigenvalue weighted by Crippen LogP contribution is -2.51. The fraction of sp³-hybridized carbons (Fsp3) is 1.00. The molecule has 3 heteroatoms. The summed E-state index contributed by atoms with van der Waals surface area (Å²) in [7, 11) is 0. The predicted octanol–water partition coefficient (Wildman–Crippen LogP) is 2.27. The van der Waals surface area contributed by atoms with Crippen LogP contribution in [-0.4, -0.2) is 35.8 Å². The third-order valence-corrected chi connectivity index (χ3v) is 4.26. The van der Waals surface area contributed by atoms with Crippen molar-refractivity contribution >= 4 is 11.8 Å². The third kappa shape index (κ3) is 4.33. The molecule has 0 aromatic heterocycles. The summed E-state index contributed by atoms with van der Waals surface area (Å²) < 4.78 is 0. The van der Waals surface area contributed by atoms with Crippen molar-refractivity contribution in [2.24, 2.45) is 5.92 Å². The van der Waals surface area contributed by atoms with Crippen LogP contribution in [0.1, 0.15) is 39.0 Å². The molecule has 1 rings (SSSR count). The molecule has 0 amide bonds. The van der Waals surface area contributed by atoms with Crippen molar-refractivity contribution in [3.05, 3.63) is 0 Å². The molecule has 0 aromatic rings. The van der Waals surface area contributed by atoms with E-state index in [2.05, 4.69) is 18.5 Å². The van der Waals surface area contributed by atoms with Crippen molar-refractivity contribution in [3.63, 3.8) is 0 Å². The van der Waals surface area contributed by atoms with Gasteiger partial charge < -0.3 is 10.4 Å². The zero-order valence-corrected chi connectivity index (χ0v) is 10.9. The average molecular weight is 231 g/mol. The summed E-state index contributed by atoms with van der Waals surface area (Å²) in [6.07, 6.45) is 8.16. The molecule has 0 atom stereocenters. The highest BCUT2D eigenvalue weighted by atomic mass is 32.2. The van der Waals surface area contributed by atoms with Crippen molar-refractivity contribution in [2.75, 3.05) is 25.2 Å². The maximum atomic E-state index is 9.52. The fourth-order valence-corrected chi connectivity index (χ4v) is 2.71. The zero-order chi connectivity index (χ0) is 11.1. The van der Waals surface area contributed by atoms with E-state index in [1.54, 1.807) is 0 Å². The molecule has 1 aliphatic rings. The van der Waals surface area contributed by atoms with E-state index in [9.17, 15) is 5.11 Å². The largest absolute Gasteiger partial charge is 0.394 e. The summed E-state index contributed by atoms with van der Waals surface area (Å²) in [5.41, 5.74) is 0.0465. The van der Waals surface area contributed by atoms with E-state index in [-0.39, 0.29) is 5.54 Å². The van der Waals surface area contributed by atoms with Crippen molar-refractivity contribution in [1.82, 2.24) is 5.32 Å². The Kier molecular flexibility index (Phi) is 6.02. The van der Waals surface area contributed by atoms with Gasteiger partial charge in [0.15, 0.2) is 0 Å². The first kappa shape index (κ1) is 13.3. The molecule has 0 unspecified atom stereocenters. The van der Waals surface area contributed by atoms with Crippen LogP contribution < -0.4 is 5.32 Å². The van der Waals surface area contributed by atoms with E-state index in [0.717, 1.165) is 25.3 Å². The lowest BCUT2D eigenvalue weighted by Gasteiger charge is -2.39. The maximum absolute atomic E-state index is 9.52. The Bertz CT molecular complexity index is 167. The van der Waals surface area contributed by atoms with E-state index in [1.807, 2.05) is 11.8 Å². The molecule has 15 heavy (non-hydrogen) atoms. The molecule has 1 aliphatic carbocycles. The second-order valence-electron chi connectivity index (χ2n) is 4.89. The first-order valence-electron chi connectivity index (χ1n) is 6.07. The molecular formula is C12H25NOS. The van der Waals surface area contributed by atoms with E-state index in [0.29, 0.717) is 6.61 Å². The van der Waals surface area contributed by atoms with Crippen molar-refractivity contribution in [3.8, 4) is 0 Å². The van der Waals surface area contributed by atoms with Crippen LogP contribution in [0.3, 0.4) is 0 Å². The van der Waals surface area contributed by atoms with Gasteiger partial charge >= 0.3 is 0 Å². The minimum atomic E-state index is 0.0465. The zero-order valence-electron chi connectivity index (χ0n) is 10.1. The molecular weight excluding hydrogens is 206 g/mol. The van der Waals surface area contributed by atoms with Gasteiger partial charge in [0.25, 0.3) is 0 Å². The lowest BCUT2D eigenvalue weighted by atomic mass is 9.77. The topological polar surface area (TPSA) is 32.3 Å². The minimum Gasteiger partial charge on any atom is -0.394 e. The highest BCUT2D eigenvalue weighted by Gasteiger charge is 2.32. The molecule has 2 nitrogen and oxygen atoms in total. The highest BCUT2D eigenvalue weighted by molar-refractivity contribution is 7.98. The Morgan fingerprint density at radius 2 is 2.07 bits per heavy atom. The second-order valence-corrected chi connectivity index (χ2v) is 5.88. The quantitative estimate of drug-likeness (QED) is 0.688. The van der Waals surface area contributed by atoms with Crippen LogP contribution >= 0.6 is 11.8 Å². The molecule has 0 heterocycles. The van der Waals surface area contributed by atoms with Crippen molar-refractivity contribution < 1.29 is 5.11 Å². The Balaban J connectivity index is 2.27. The number of hydrogen-bond acceptors (Lipinski definition) is 3. The molecule has 0 bridgehead atoms. The summed E-state index contributed by atoms with van der Waals surface area (Å²) in [6.45, 7) is 3.67. The lowest BCUT2D eigenvalue weighted by molar-refractivity contribution is 0.106. The number of thioether (sulfide) groups is 1. The van der Waals surface area contributed by atoms with Gasteiger partial charge in [0, 0.05) is 5.54 Å².